The summed E-state index contributed by atoms with van der Waals surface area (Å²) >= 11 is 1.24. The van der Waals surface area contributed by atoms with Crippen LogP contribution in [0.15, 0.2) is 84.2 Å². The van der Waals surface area contributed by atoms with Crippen LogP contribution in [0.1, 0.15) is 10.4 Å². The van der Waals surface area contributed by atoms with Crippen molar-refractivity contribution in [2.24, 2.45) is 0 Å². The van der Waals surface area contributed by atoms with Crippen molar-refractivity contribution in [1.29, 1.82) is 0 Å². The minimum absolute atomic E-state index is 0.0157. The monoisotopic (exact) mass is 474 g/mol. The molecule has 1 aromatic heterocycles. The number of ether oxygens (including phenoxy) is 1. The second kappa shape index (κ2) is 10.4. The first kappa shape index (κ1) is 22.6. The first-order chi connectivity index (χ1) is 16.5. The number of nitrogens with one attached hydrogen (secondary N) is 2. The van der Waals surface area contributed by atoms with Gasteiger partial charge in [-0.2, -0.15) is 0 Å². The van der Waals surface area contributed by atoms with Gasteiger partial charge in [0.05, 0.1) is 10.6 Å². The molecule has 2 N–H and O–H groups in total. The Morgan fingerprint density at radius 3 is 2.38 bits per heavy atom. The number of amides is 2. The maximum atomic E-state index is 12.3. The maximum Gasteiger partial charge on any atom is 0.310 e. The first-order valence-corrected chi connectivity index (χ1v) is 11.0. The van der Waals surface area contributed by atoms with Crippen LogP contribution in [0.3, 0.4) is 0 Å². The van der Waals surface area contributed by atoms with Crippen LogP contribution in [0, 0.1) is 10.1 Å². The number of nitro benzene ring substituents is 1. The lowest BCUT2D eigenvalue weighted by Crippen LogP contribution is -2.20. The van der Waals surface area contributed by atoms with Crippen molar-refractivity contribution >= 4 is 39.7 Å². The molecule has 0 aliphatic carbocycles. The third-order valence-corrected chi connectivity index (χ3v) is 5.40. The lowest BCUT2D eigenvalue weighted by Gasteiger charge is -2.06. The zero-order chi connectivity index (χ0) is 23.9. The van der Waals surface area contributed by atoms with Crippen LogP contribution in [0.5, 0.6) is 5.75 Å². The largest absolute Gasteiger partial charge is 0.477 e. The third-order valence-electron chi connectivity index (χ3n) is 4.65. The molecule has 1 heterocycles. The fourth-order valence-electron chi connectivity index (χ4n) is 3.01. The number of thiazole rings is 1. The molecular weight excluding hydrogens is 456 g/mol. The molecule has 34 heavy (non-hydrogen) atoms. The number of benzene rings is 3. The SMILES string of the molecule is O=C(COc1ccccc1[N+](=O)[O-])Nc1nc(-c2ccc(NC(=O)c3ccccc3)cc2)cs1. The van der Waals surface area contributed by atoms with E-state index in [4.69, 9.17) is 4.74 Å². The Labute approximate surface area is 198 Å². The zero-order valence-electron chi connectivity index (χ0n) is 17.6. The molecule has 0 bridgehead atoms. The Morgan fingerprint density at radius 2 is 1.65 bits per heavy atom. The van der Waals surface area contributed by atoms with E-state index in [0.717, 1.165) is 5.56 Å². The van der Waals surface area contributed by atoms with E-state index in [2.05, 4.69) is 15.6 Å². The van der Waals surface area contributed by atoms with Crippen molar-refractivity contribution in [3.05, 3.63) is 99.9 Å². The van der Waals surface area contributed by atoms with E-state index in [9.17, 15) is 19.7 Å². The minimum Gasteiger partial charge on any atom is -0.477 e. The predicted octanol–water partition coefficient (Wildman–Crippen LogP) is 4.99. The molecule has 0 aliphatic rings. The highest BCUT2D eigenvalue weighted by Crippen LogP contribution is 2.27. The third kappa shape index (κ3) is 5.61. The van der Waals surface area contributed by atoms with Crippen LogP contribution in [-0.4, -0.2) is 28.3 Å². The van der Waals surface area contributed by atoms with Gasteiger partial charge in [0.1, 0.15) is 0 Å². The molecular formula is C24H18N4O5S. The minimum atomic E-state index is -0.571. The molecule has 0 aliphatic heterocycles. The maximum absolute atomic E-state index is 12.3. The summed E-state index contributed by atoms with van der Waals surface area (Å²) in [5.41, 5.74) is 2.47. The van der Waals surface area contributed by atoms with Crippen molar-refractivity contribution in [1.82, 2.24) is 4.98 Å². The normalized spacial score (nSPS) is 10.4. The van der Waals surface area contributed by atoms with Crippen LogP contribution in [0.2, 0.25) is 0 Å². The van der Waals surface area contributed by atoms with Gasteiger partial charge in [0.15, 0.2) is 17.5 Å². The molecule has 0 spiro atoms. The van der Waals surface area contributed by atoms with Gasteiger partial charge in [0.25, 0.3) is 11.8 Å². The molecule has 170 valence electrons. The highest BCUT2D eigenvalue weighted by Gasteiger charge is 2.16. The Kier molecular flexibility index (Phi) is 6.89. The number of hydrogen-bond acceptors (Lipinski definition) is 7. The highest BCUT2D eigenvalue weighted by atomic mass is 32.1. The molecule has 4 rings (SSSR count). The van der Waals surface area contributed by atoms with E-state index >= 15 is 0 Å². The van der Waals surface area contributed by atoms with Crippen LogP contribution in [0.4, 0.5) is 16.5 Å². The van der Waals surface area contributed by atoms with Gasteiger partial charge in [-0.1, -0.05) is 42.5 Å². The smallest absolute Gasteiger partial charge is 0.310 e. The summed E-state index contributed by atoms with van der Waals surface area (Å²) in [4.78, 5) is 39.3. The number of aromatic nitrogens is 1. The fraction of sp³-hybridized carbons (Fsp3) is 0.0417. The van der Waals surface area contributed by atoms with E-state index in [-0.39, 0.29) is 17.3 Å². The molecule has 0 saturated carbocycles. The Hall–Kier alpha value is -4.57. The van der Waals surface area contributed by atoms with Gasteiger partial charge in [-0.15, -0.1) is 11.3 Å². The first-order valence-electron chi connectivity index (χ1n) is 10.1. The van der Waals surface area contributed by atoms with Gasteiger partial charge in [0.2, 0.25) is 0 Å². The zero-order valence-corrected chi connectivity index (χ0v) is 18.5. The molecule has 9 nitrogen and oxygen atoms in total. The molecule has 2 amide bonds. The predicted molar refractivity (Wildman–Crippen MR) is 129 cm³/mol. The molecule has 4 aromatic rings. The van der Waals surface area contributed by atoms with E-state index in [1.165, 1.54) is 29.5 Å². The van der Waals surface area contributed by atoms with E-state index in [1.54, 1.807) is 47.8 Å². The lowest BCUT2D eigenvalue weighted by molar-refractivity contribution is -0.385. The summed E-state index contributed by atoms with van der Waals surface area (Å²) in [5, 5.41) is 18.6. The highest BCUT2D eigenvalue weighted by molar-refractivity contribution is 7.14. The molecule has 0 unspecified atom stereocenters. The fourth-order valence-corrected chi connectivity index (χ4v) is 3.75. The van der Waals surface area contributed by atoms with Crippen LogP contribution >= 0.6 is 11.3 Å². The van der Waals surface area contributed by atoms with Crippen molar-refractivity contribution < 1.29 is 19.2 Å². The number of nitrogens with zero attached hydrogens (tertiary/aromatic N) is 2. The lowest BCUT2D eigenvalue weighted by atomic mass is 10.1. The Balaban J connectivity index is 1.33. The number of carbonyl (C=O) groups excluding carboxylic acids is 2. The van der Waals surface area contributed by atoms with E-state index < -0.39 is 17.4 Å². The second-order valence-electron chi connectivity index (χ2n) is 7.00. The van der Waals surface area contributed by atoms with Gasteiger partial charge in [-0.05, 0) is 30.3 Å². The van der Waals surface area contributed by atoms with Gasteiger partial charge >= 0.3 is 5.69 Å². The molecule has 3 aromatic carbocycles. The van der Waals surface area contributed by atoms with E-state index in [0.29, 0.717) is 22.1 Å². The number of rotatable bonds is 8. The standard InChI is InChI=1S/C24H18N4O5S/c29-22(14-33-21-9-5-4-8-20(21)28(31)32)27-24-26-19(15-34-24)16-10-12-18(13-11-16)25-23(30)17-6-2-1-3-7-17/h1-13,15H,14H2,(H,25,30)(H,26,27,29). The van der Waals surface area contributed by atoms with Gasteiger partial charge in [-0.3, -0.25) is 25.0 Å². The van der Waals surface area contributed by atoms with Gasteiger partial charge in [0, 0.05) is 28.3 Å². The van der Waals surface area contributed by atoms with Crippen molar-refractivity contribution in [2.75, 3.05) is 17.2 Å². The molecule has 0 saturated heterocycles. The van der Waals surface area contributed by atoms with Crippen LogP contribution in [-0.2, 0) is 4.79 Å². The average molecular weight is 474 g/mol. The molecule has 10 heteroatoms. The van der Waals surface area contributed by atoms with Gasteiger partial charge in [-0.25, -0.2) is 4.98 Å². The summed E-state index contributed by atoms with van der Waals surface area (Å²) in [7, 11) is 0. The van der Waals surface area contributed by atoms with Crippen molar-refractivity contribution in [3.63, 3.8) is 0 Å². The summed E-state index contributed by atoms with van der Waals surface area (Å²) in [5.74, 6) is -0.671. The summed E-state index contributed by atoms with van der Waals surface area (Å²) in [6.45, 7) is -0.393. The summed E-state index contributed by atoms with van der Waals surface area (Å²) in [6, 6.07) is 21.9. The number of hydrogen-bond donors (Lipinski definition) is 2. The number of carbonyl (C=O) groups is 2. The average Bonchev–Trinajstić information content (AvgIpc) is 3.32. The van der Waals surface area contributed by atoms with Crippen LogP contribution in [0.25, 0.3) is 11.3 Å². The van der Waals surface area contributed by atoms with Crippen molar-refractivity contribution in [3.8, 4) is 17.0 Å². The summed E-state index contributed by atoms with van der Waals surface area (Å²) < 4.78 is 5.29. The summed E-state index contributed by atoms with van der Waals surface area (Å²) in [6.07, 6.45) is 0. The van der Waals surface area contributed by atoms with E-state index in [1.807, 2.05) is 18.2 Å². The van der Waals surface area contributed by atoms with Gasteiger partial charge < -0.3 is 10.1 Å². The quantitative estimate of drug-likeness (QED) is 0.274. The molecule has 0 radical (unpaired) electrons. The Bertz CT molecular complexity index is 1320. The molecule has 0 atom stereocenters. The number of anilines is 2. The molecule has 0 fully saturated rings. The van der Waals surface area contributed by atoms with Crippen molar-refractivity contribution in [2.45, 2.75) is 0 Å². The number of para-hydroxylation sites is 2. The van der Waals surface area contributed by atoms with Crippen LogP contribution < -0.4 is 15.4 Å². The number of nitro groups is 1. The Morgan fingerprint density at radius 1 is 0.941 bits per heavy atom. The second-order valence-corrected chi connectivity index (χ2v) is 7.86. The topological polar surface area (TPSA) is 123 Å².